The second-order valence-electron chi connectivity index (χ2n) is 1.92. The van der Waals surface area contributed by atoms with Crippen LogP contribution in [0.2, 0.25) is 0 Å². The van der Waals surface area contributed by atoms with Crippen LogP contribution in [0.1, 0.15) is 18.7 Å². The zero-order chi connectivity index (χ0) is 6.85. The minimum absolute atomic E-state index is 0.466. The maximum absolute atomic E-state index is 8.95. The Hall–Kier alpha value is -0.400. The molecule has 0 saturated carbocycles. The van der Waals surface area contributed by atoms with Crippen molar-refractivity contribution in [2.24, 2.45) is 0 Å². The standard InChI is InChI=1S/C5H9N2OP/c1-4(8)5-2-7(9)3-6-5/h2-4,8H,9H2,1H3. The lowest BCUT2D eigenvalue weighted by Gasteiger charge is -1.94. The summed E-state index contributed by atoms with van der Waals surface area (Å²) in [5, 5.41) is 8.95. The van der Waals surface area contributed by atoms with Crippen LogP contribution in [-0.2, 0) is 0 Å². The number of aliphatic hydroxyl groups excluding tert-OH is 1. The van der Waals surface area contributed by atoms with Gasteiger partial charge in [-0.3, -0.25) is 0 Å². The van der Waals surface area contributed by atoms with E-state index in [2.05, 4.69) is 14.4 Å². The van der Waals surface area contributed by atoms with Gasteiger partial charge in [-0.2, -0.15) is 0 Å². The van der Waals surface area contributed by atoms with Gasteiger partial charge in [0.25, 0.3) is 0 Å². The number of imidazole rings is 1. The van der Waals surface area contributed by atoms with Crippen molar-refractivity contribution >= 4 is 9.39 Å². The number of aliphatic hydroxyl groups is 1. The summed E-state index contributed by atoms with van der Waals surface area (Å²) in [6, 6.07) is 0. The van der Waals surface area contributed by atoms with Crippen molar-refractivity contribution < 1.29 is 5.11 Å². The Morgan fingerprint density at radius 1 is 1.89 bits per heavy atom. The van der Waals surface area contributed by atoms with Gasteiger partial charge in [0.2, 0.25) is 0 Å². The second-order valence-corrected chi connectivity index (χ2v) is 2.52. The van der Waals surface area contributed by atoms with Crippen molar-refractivity contribution in [2.45, 2.75) is 13.0 Å². The van der Waals surface area contributed by atoms with Crippen LogP contribution in [0.25, 0.3) is 0 Å². The molecule has 50 valence electrons. The molecule has 2 atom stereocenters. The number of hydrogen-bond donors (Lipinski definition) is 1. The SMILES string of the molecule is CC(O)c1cn(P)cn1. The highest BCUT2D eigenvalue weighted by Crippen LogP contribution is 2.08. The van der Waals surface area contributed by atoms with Gasteiger partial charge in [0, 0.05) is 6.20 Å². The smallest absolute Gasteiger partial charge is 0.0979 e. The molecule has 4 heteroatoms. The predicted octanol–water partition coefficient (Wildman–Crippen LogP) is 0.575. The summed E-state index contributed by atoms with van der Waals surface area (Å²) in [5.74, 6) is 0. The van der Waals surface area contributed by atoms with Crippen molar-refractivity contribution in [3.05, 3.63) is 18.2 Å². The van der Waals surface area contributed by atoms with Crippen molar-refractivity contribution in [1.29, 1.82) is 0 Å². The fraction of sp³-hybridized carbons (Fsp3) is 0.400. The molecule has 0 spiro atoms. The molecule has 1 aromatic heterocycles. The lowest BCUT2D eigenvalue weighted by Crippen LogP contribution is -1.88. The van der Waals surface area contributed by atoms with Gasteiger partial charge in [-0.1, -0.05) is 0 Å². The molecule has 1 heterocycles. The van der Waals surface area contributed by atoms with E-state index in [1.807, 2.05) is 0 Å². The van der Waals surface area contributed by atoms with Crippen molar-refractivity contribution in [2.75, 3.05) is 0 Å². The van der Waals surface area contributed by atoms with E-state index >= 15 is 0 Å². The van der Waals surface area contributed by atoms with Crippen LogP contribution in [0, 0.1) is 0 Å². The summed E-state index contributed by atoms with van der Waals surface area (Å²) >= 11 is 0. The van der Waals surface area contributed by atoms with Gasteiger partial charge in [0.15, 0.2) is 0 Å². The summed E-state index contributed by atoms with van der Waals surface area (Å²) in [6.45, 7) is 1.69. The van der Waals surface area contributed by atoms with E-state index in [-0.39, 0.29) is 0 Å². The topological polar surface area (TPSA) is 38.0 Å². The zero-order valence-electron chi connectivity index (χ0n) is 5.15. The molecule has 0 saturated heterocycles. The summed E-state index contributed by atoms with van der Waals surface area (Å²) in [4.78, 5) is 3.91. The maximum atomic E-state index is 8.95. The fourth-order valence-electron chi connectivity index (χ4n) is 0.568. The molecule has 1 aromatic rings. The van der Waals surface area contributed by atoms with Crippen LogP contribution >= 0.6 is 9.39 Å². The fourth-order valence-corrected chi connectivity index (χ4v) is 0.788. The molecule has 0 amide bonds. The molecule has 0 aliphatic rings. The van der Waals surface area contributed by atoms with Gasteiger partial charge in [-0.25, -0.2) is 4.98 Å². The molecule has 0 aromatic carbocycles. The molecular formula is C5H9N2OP. The molecule has 1 N–H and O–H groups in total. The van der Waals surface area contributed by atoms with Gasteiger partial charge in [-0.05, 0) is 16.3 Å². The first kappa shape index (κ1) is 6.72. The van der Waals surface area contributed by atoms with E-state index in [0.717, 1.165) is 0 Å². The molecule has 3 nitrogen and oxygen atoms in total. The average Bonchev–Trinajstić information content (AvgIpc) is 2.14. The van der Waals surface area contributed by atoms with Crippen LogP contribution in [0.5, 0.6) is 0 Å². The quantitative estimate of drug-likeness (QED) is 0.585. The minimum Gasteiger partial charge on any atom is -0.387 e. The predicted molar refractivity (Wildman–Crippen MR) is 38.0 cm³/mol. The minimum atomic E-state index is -0.466. The Labute approximate surface area is 56.0 Å². The first-order valence-electron chi connectivity index (χ1n) is 2.67. The highest BCUT2D eigenvalue weighted by molar-refractivity contribution is 7.14. The van der Waals surface area contributed by atoms with Crippen LogP contribution in [-0.4, -0.2) is 14.4 Å². The molecule has 9 heavy (non-hydrogen) atoms. The number of nitrogens with zero attached hydrogens (tertiary/aromatic N) is 2. The maximum Gasteiger partial charge on any atom is 0.0979 e. The first-order chi connectivity index (χ1) is 4.20. The van der Waals surface area contributed by atoms with E-state index in [0.29, 0.717) is 5.69 Å². The summed E-state index contributed by atoms with van der Waals surface area (Å²) < 4.78 is 1.72. The van der Waals surface area contributed by atoms with Crippen molar-refractivity contribution in [3.8, 4) is 0 Å². The molecular weight excluding hydrogens is 135 g/mol. The van der Waals surface area contributed by atoms with E-state index in [1.165, 1.54) is 0 Å². The largest absolute Gasteiger partial charge is 0.387 e. The van der Waals surface area contributed by atoms with Crippen LogP contribution < -0.4 is 0 Å². The average molecular weight is 144 g/mol. The molecule has 0 bridgehead atoms. The second kappa shape index (κ2) is 2.46. The molecule has 0 fully saturated rings. The Balaban J connectivity index is 2.85. The normalized spacial score (nSPS) is 13.7. The summed E-state index contributed by atoms with van der Waals surface area (Å²) in [6.07, 6.45) is 2.92. The van der Waals surface area contributed by atoms with Crippen LogP contribution in [0.3, 0.4) is 0 Å². The highest BCUT2D eigenvalue weighted by Gasteiger charge is 2.01. The number of aromatic nitrogens is 2. The monoisotopic (exact) mass is 144 g/mol. The van der Waals surface area contributed by atoms with Gasteiger partial charge >= 0.3 is 0 Å². The van der Waals surface area contributed by atoms with Crippen LogP contribution in [0.15, 0.2) is 12.5 Å². The lowest BCUT2D eigenvalue weighted by molar-refractivity contribution is 0.195. The Morgan fingerprint density at radius 2 is 2.56 bits per heavy atom. The molecule has 0 radical (unpaired) electrons. The zero-order valence-corrected chi connectivity index (χ0v) is 6.31. The lowest BCUT2D eigenvalue weighted by atomic mass is 10.3. The van der Waals surface area contributed by atoms with E-state index < -0.39 is 6.10 Å². The summed E-state index contributed by atoms with van der Waals surface area (Å²) in [7, 11) is 2.44. The van der Waals surface area contributed by atoms with Gasteiger partial charge < -0.3 is 9.44 Å². The van der Waals surface area contributed by atoms with Gasteiger partial charge in [-0.15, -0.1) is 0 Å². The van der Waals surface area contributed by atoms with Crippen LogP contribution in [0.4, 0.5) is 0 Å². The molecule has 0 aliphatic heterocycles. The number of hydrogen-bond acceptors (Lipinski definition) is 2. The Kier molecular flexibility index (Phi) is 1.84. The first-order valence-corrected chi connectivity index (χ1v) is 3.19. The summed E-state index contributed by atoms with van der Waals surface area (Å²) in [5.41, 5.74) is 0.699. The molecule has 0 aliphatic carbocycles. The van der Waals surface area contributed by atoms with E-state index in [9.17, 15) is 0 Å². The highest BCUT2D eigenvalue weighted by atomic mass is 31.0. The third kappa shape index (κ3) is 1.50. The van der Waals surface area contributed by atoms with Gasteiger partial charge in [0.05, 0.1) is 18.1 Å². The Bertz CT molecular complexity index is 197. The Morgan fingerprint density at radius 3 is 2.78 bits per heavy atom. The molecule has 2 unspecified atom stereocenters. The van der Waals surface area contributed by atoms with E-state index in [4.69, 9.17) is 5.11 Å². The number of rotatable bonds is 1. The third-order valence-corrected chi connectivity index (χ3v) is 1.33. The van der Waals surface area contributed by atoms with Gasteiger partial charge in [0.1, 0.15) is 0 Å². The van der Waals surface area contributed by atoms with Crippen molar-refractivity contribution in [3.63, 3.8) is 0 Å². The third-order valence-electron chi connectivity index (χ3n) is 1.05. The van der Waals surface area contributed by atoms with E-state index in [1.54, 1.807) is 23.8 Å². The van der Waals surface area contributed by atoms with Crippen molar-refractivity contribution in [1.82, 2.24) is 9.32 Å². The molecule has 1 rings (SSSR count).